The number of hydrogen-bond acceptors (Lipinski definition) is 6. The quantitative estimate of drug-likeness (QED) is 0.573. The van der Waals surface area contributed by atoms with E-state index in [4.69, 9.17) is 20.9 Å². The van der Waals surface area contributed by atoms with Gasteiger partial charge in [0.25, 0.3) is 11.8 Å². The first-order chi connectivity index (χ1) is 14.8. The van der Waals surface area contributed by atoms with Gasteiger partial charge in [-0.2, -0.15) is 0 Å². The first kappa shape index (κ1) is 22.5. The number of nitrogens with two attached hydrogens (primary N) is 2. The fourth-order valence-electron chi connectivity index (χ4n) is 3.78. The highest BCUT2D eigenvalue weighted by Gasteiger charge is 2.31. The van der Waals surface area contributed by atoms with Crippen molar-refractivity contribution in [2.45, 2.75) is 25.1 Å². The summed E-state index contributed by atoms with van der Waals surface area (Å²) in [6, 6.07) is 8.92. The molecule has 2 aromatic carbocycles. The minimum absolute atomic E-state index is 0.0587. The molecule has 8 nitrogen and oxygen atoms in total. The lowest BCUT2D eigenvalue weighted by atomic mass is 9.99. The zero-order valence-electron chi connectivity index (χ0n) is 17.6. The number of halogens is 1. The Morgan fingerprint density at radius 3 is 2.52 bits per heavy atom. The van der Waals surface area contributed by atoms with E-state index in [2.05, 4.69) is 10.2 Å². The molecule has 3 rings (SSSR count). The summed E-state index contributed by atoms with van der Waals surface area (Å²) in [4.78, 5) is 26.8. The van der Waals surface area contributed by atoms with E-state index in [-0.39, 0.29) is 40.5 Å². The van der Waals surface area contributed by atoms with E-state index in [0.29, 0.717) is 19.5 Å². The normalized spacial score (nSPS) is 19.1. The second-order valence-electron chi connectivity index (χ2n) is 7.51. The second-order valence-corrected chi connectivity index (χ2v) is 7.51. The number of hydrogen-bond donors (Lipinski definition) is 3. The van der Waals surface area contributed by atoms with Crippen molar-refractivity contribution in [1.82, 2.24) is 10.2 Å². The molecule has 0 radical (unpaired) electrons. The molecule has 9 heteroatoms. The highest BCUT2D eigenvalue weighted by molar-refractivity contribution is 6.04. The van der Waals surface area contributed by atoms with E-state index in [1.165, 1.54) is 31.4 Å². The van der Waals surface area contributed by atoms with Crippen molar-refractivity contribution in [3.05, 3.63) is 58.9 Å². The maximum absolute atomic E-state index is 13.1. The van der Waals surface area contributed by atoms with E-state index in [9.17, 15) is 14.0 Å². The number of primary amides is 1. The average molecular weight is 430 g/mol. The van der Waals surface area contributed by atoms with E-state index in [0.717, 1.165) is 12.1 Å². The van der Waals surface area contributed by atoms with E-state index in [1.807, 2.05) is 0 Å². The third-order valence-corrected chi connectivity index (χ3v) is 5.46. The van der Waals surface area contributed by atoms with Crippen molar-refractivity contribution in [2.24, 2.45) is 5.73 Å². The summed E-state index contributed by atoms with van der Waals surface area (Å²) in [7, 11) is 3.02. The Morgan fingerprint density at radius 2 is 1.90 bits per heavy atom. The van der Waals surface area contributed by atoms with Crippen LogP contribution in [0.4, 0.5) is 10.1 Å². The Labute approximate surface area is 180 Å². The third-order valence-electron chi connectivity index (χ3n) is 5.46. The average Bonchev–Trinajstić information content (AvgIpc) is 2.75. The molecule has 166 valence electrons. The van der Waals surface area contributed by atoms with Crippen molar-refractivity contribution in [3.8, 4) is 5.75 Å². The van der Waals surface area contributed by atoms with Crippen molar-refractivity contribution in [3.63, 3.8) is 0 Å². The molecule has 1 saturated heterocycles. The van der Waals surface area contributed by atoms with Crippen LogP contribution in [0.3, 0.4) is 0 Å². The van der Waals surface area contributed by atoms with Gasteiger partial charge in [0.1, 0.15) is 11.6 Å². The molecule has 1 heterocycles. The lowest BCUT2D eigenvalue weighted by molar-refractivity contribution is 0.00387. The first-order valence-electron chi connectivity index (χ1n) is 9.90. The summed E-state index contributed by atoms with van der Waals surface area (Å²) in [6.07, 6.45) is 0.416. The second kappa shape index (κ2) is 9.76. The number of ether oxygens (including phenoxy) is 2. The van der Waals surface area contributed by atoms with E-state index >= 15 is 0 Å². The molecule has 0 bridgehead atoms. The maximum Gasteiger partial charge on any atom is 0.255 e. The summed E-state index contributed by atoms with van der Waals surface area (Å²) in [5.41, 5.74) is 12.6. The molecule has 1 fully saturated rings. The maximum atomic E-state index is 13.1. The number of methoxy groups -OCH3 is 2. The van der Waals surface area contributed by atoms with Crippen LogP contribution in [0.2, 0.25) is 0 Å². The molecule has 0 aliphatic carbocycles. The number of piperidine rings is 1. The summed E-state index contributed by atoms with van der Waals surface area (Å²) >= 11 is 0. The molecular formula is C22H27FN4O4. The summed E-state index contributed by atoms with van der Waals surface area (Å²) in [5, 5.41) is 2.98. The minimum Gasteiger partial charge on any atom is -0.496 e. The van der Waals surface area contributed by atoms with Gasteiger partial charge >= 0.3 is 0 Å². The summed E-state index contributed by atoms with van der Waals surface area (Å²) < 4.78 is 24.0. The molecule has 0 aromatic heterocycles. The molecule has 2 amide bonds. The molecule has 1 aliphatic rings. The number of carbonyl (C=O) groups excluding carboxylic acids is 2. The largest absolute Gasteiger partial charge is 0.496 e. The molecular weight excluding hydrogens is 403 g/mol. The van der Waals surface area contributed by atoms with Crippen molar-refractivity contribution in [1.29, 1.82) is 0 Å². The van der Waals surface area contributed by atoms with Gasteiger partial charge in [0.15, 0.2) is 0 Å². The van der Waals surface area contributed by atoms with Crippen molar-refractivity contribution < 1.29 is 23.5 Å². The van der Waals surface area contributed by atoms with Gasteiger partial charge in [0, 0.05) is 38.5 Å². The number of likely N-dealkylation sites (tertiary alicyclic amines) is 1. The van der Waals surface area contributed by atoms with Gasteiger partial charge in [-0.15, -0.1) is 0 Å². The zero-order valence-corrected chi connectivity index (χ0v) is 17.6. The molecule has 2 atom stereocenters. The predicted molar refractivity (Wildman–Crippen MR) is 114 cm³/mol. The number of rotatable bonds is 7. The summed E-state index contributed by atoms with van der Waals surface area (Å²) in [6.45, 7) is 1.99. The molecule has 2 aromatic rings. The number of nitrogens with zero attached hydrogens (tertiary/aromatic N) is 1. The lowest BCUT2D eigenvalue weighted by Gasteiger charge is -2.38. The highest BCUT2D eigenvalue weighted by Crippen LogP contribution is 2.26. The van der Waals surface area contributed by atoms with Gasteiger partial charge in [-0.3, -0.25) is 14.5 Å². The standard InChI is InChI=1S/C22H27FN4O4/c1-30-19-10-17(24)15(21(25)28)9-16(19)22(29)26-18-7-8-27(12-20(18)31-2)11-13-3-5-14(23)6-4-13/h3-6,9-10,18,20H,7-8,11-12,24H2,1-2H3,(H2,25,28)(H,26,29). The van der Waals surface area contributed by atoms with Gasteiger partial charge in [-0.1, -0.05) is 12.1 Å². The highest BCUT2D eigenvalue weighted by atomic mass is 19.1. The molecule has 5 N–H and O–H groups in total. The molecule has 31 heavy (non-hydrogen) atoms. The van der Waals surface area contributed by atoms with E-state index in [1.54, 1.807) is 19.2 Å². The number of benzene rings is 2. The van der Waals surface area contributed by atoms with Crippen LogP contribution >= 0.6 is 0 Å². The minimum atomic E-state index is -0.724. The van der Waals surface area contributed by atoms with Crippen LogP contribution in [0, 0.1) is 5.82 Å². The fraction of sp³-hybridized carbons (Fsp3) is 0.364. The Hall–Kier alpha value is -3.17. The third kappa shape index (κ3) is 5.31. The Balaban J connectivity index is 1.70. The van der Waals surface area contributed by atoms with Gasteiger partial charge in [-0.25, -0.2) is 4.39 Å². The number of anilines is 1. The Bertz CT molecular complexity index is 951. The molecule has 0 saturated carbocycles. The van der Waals surface area contributed by atoms with Gasteiger partial charge in [0.2, 0.25) is 0 Å². The first-order valence-corrected chi connectivity index (χ1v) is 9.90. The Kier molecular flexibility index (Phi) is 7.09. The van der Waals surface area contributed by atoms with E-state index < -0.39 is 11.8 Å². The van der Waals surface area contributed by atoms with Crippen LogP contribution in [0.1, 0.15) is 32.7 Å². The van der Waals surface area contributed by atoms with Gasteiger partial charge in [-0.05, 0) is 30.2 Å². The van der Waals surface area contributed by atoms with Crippen molar-refractivity contribution in [2.75, 3.05) is 33.0 Å². The van der Waals surface area contributed by atoms with Gasteiger partial charge < -0.3 is 26.3 Å². The topological polar surface area (TPSA) is 120 Å². The van der Waals surface area contributed by atoms with Gasteiger partial charge in [0.05, 0.1) is 30.4 Å². The van der Waals surface area contributed by atoms with Crippen LogP contribution in [0.25, 0.3) is 0 Å². The molecule has 0 spiro atoms. The van der Waals surface area contributed by atoms with Crippen molar-refractivity contribution >= 4 is 17.5 Å². The fourth-order valence-corrected chi connectivity index (χ4v) is 3.78. The van der Waals surface area contributed by atoms with Crippen LogP contribution < -0.4 is 21.5 Å². The lowest BCUT2D eigenvalue weighted by Crippen LogP contribution is -2.54. The molecule has 2 unspecified atom stereocenters. The van der Waals surface area contributed by atoms with Crippen LogP contribution in [0.5, 0.6) is 5.75 Å². The monoisotopic (exact) mass is 430 g/mol. The number of carbonyl (C=O) groups is 2. The number of nitrogens with one attached hydrogen (secondary N) is 1. The van der Waals surface area contributed by atoms with Crippen LogP contribution in [-0.4, -0.2) is 56.2 Å². The molecule has 1 aliphatic heterocycles. The summed E-state index contributed by atoms with van der Waals surface area (Å²) in [5.74, 6) is -1.14. The van der Waals surface area contributed by atoms with Crippen LogP contribution in [-0.2, 0) is 11.3 Å². The smallest absolute Gasteiger partial charge is 0.255 e. The number of nitrogen functional groups attached to an aromatic ring is 1. The zero-order chi connectivity index (χ0) is 22.5. The SMILES string of the molecule is COc1cc(N)c(C(N)=O)cc1C(=O)NC1CCN(Cc2ccc(F)cc2)CC1OC. The number of amides is 2. The van der Waals surface area contributed by atoms with Crippen LogP contribution in [0.15, 0.2) is 36.4 Å². The predicted octanol–water partition coefficient (Wildman–Crippen LogP) is 1.53. The Morgan fingerprint density at radius 1 is 1.19 bits per heavy atom.